The summed E-state index contributed by atoms with van der Waals surface area (Å²) in [5, 5.41) is 21.7. The molecule has 1 amide bonds. The number of ether oxygens (including phenoxy) is 5. The molecule has 6 rings (SSSR count). The number of phenolic OH excluding ortho intramolecular Hbond substituents is 2. The Labute approximate surface area is 488 Å². The van der Waals surface area contributed by atoms with Crippen molar-refractivity contribution in [3.05, 3.63) is 228 Å². The molecule has 0 aliphatic rings. The van der Waals surface area contributed by atoms with Crippen molar-refractivity contribution in [3.8, 4) is 23.0 Å². The number of hydrogen-bond acceptors (Lipinski definition) is 14. The van der Waals surface area contributed by atoms with E-state index in [-0.39, 0.29) is 92.9 Å². The molecule has 0 spiro atoms. The predicted octanol–water partition coefficient (Wildman–Crippen LogP) is 10.3. The van der Waals surface area contributed by atoms with Gasteiger partial charge in [-0.1, -0.05) is 129 Å². The second-order valence-corrected chi connectivity index (χ2v) is 17.7. The van der Waals surface area contributed by atoms with Crippen LogP contribution in [0.2, 0.25) is 0 Å². The molecule has 79 heavy (non-hydrogen) atoms. The van der Waals surface area contributed by atoms with E-state index in [2.05, 4.69) is 69.1 Å². The molecule has 0 bridgehead atoms. The summed E-state index contributed by atoms with van der Waals surface area (Å²) in [7, 11) is 3.75. The summed E-state index contributed by atoms with van der Waals surface area (Å²) in [6, 6.07) is 49.2. The number of rotatable bonds is 21. The van der Waals surface area contributed by atoms with E-state index in [0.29, 0.717) is 29.1 Å². The van der Waals surface area contributed by atoms with Gasteiger partial charge in [0.25, 0.3) is 0 Å². The van der Waals surface area contributed by atoms with Crippen LogP contribution in [-0.2, 0) is 49.0 Å². The van der Waals surface area contributed by atoms with Crippen molar-refractivity contribution < 1.29 is 93.8 Å². The number of aromatic hydroxyl groups is 2. The number of phenols is 2. The molecule has 6 aromatic rings. The summed E-state index contributed by atoms with van der Waals surface area (Å²) >= 11 is 0. The molecule has 3 N–H and O–H groups in total. The van der Waals surface area contributed by atoms with Gasteiger partial charge in [-0.2, -0.15) is 0 Å². The van der Waals surface area contributed by atoms with Gasteiger partial charge in [-0.3, -0.25) is 4.79 Å². The van der Waals surface area contributed by atoms with Crippen LogP contribution in [-0.4, -0.2) is 88.9 Å². The van der Waals surface area contributed by atoms with Gasteiger partial charge in [0, 0.05) is 73.5 Å². The van der Waals surface area contributed by atoms with Crippen LogP contribution < -0.4 is 14.8 Å². The van der Waals surface area contributed by atoms with E-state index in [1.54, 1.807) is 69.3 Å². The van der Waals surface area contributed by atoms with Gasteiger partial charge in [0.2, 0.25) is 6.08 Å². The van der Waals surface area contributed by atoms with Gasteiger partial charge in [0.05, 0.1) is 19.7 Å². The van der Waals surface area contributed by atoms with Crippen molar-refractivity contribution in [3.63, 3.8) is 0 Å². The molecule has 0 heterocycles. The summed E-state index contributed by atoms with van der Waals surface area (Å²) in [6.07, 6.45) is 1.10. The predicted molar refractivity (Wildman–Crippen MR) is 299 cm³/mol. The molecule has 0 saturated heterocycles. The van der Waals surface area contributed by atoms with Crippen LogP contribution in [0, 0.1) is 31.1 Å². The number of aliphatic imine (C=N–C) groups is 1. The zero-order chi connectivity index (χ0) is 58.4. The topological polar surface area (TPSA) is 213 Å². The normalized spacial score (nSPS) is 10.9. The van der Waals surface area contributed by atoms with Crippen LogP contribution in [0.25, 0.3) is 0 Å². The molecule has 6 aromatic carbocycles. The first-order chi connectivity index (χ1) is 37.8. The molecule has 2 radical (unpaired) electrons. The van der Waals surface area contributed by atoms with Gasteiger partial charge in [0.1, 0.15) is 36.2 Å². The maximum Gasteiger partial charge on any atom is 0.412 e. The molecule has 408 valence electrons. The quantitative estimate of drug-likeness (QED) is 0.00705. The SMILES string of the molecule is C=C(C)C(=O)OCCCC(=O)Oc1ccc(C(C)(c2ccccc2)c2ccc(OC(=O)NCCOC(=O)C(=C)C)cc2)cc1.C=C(C)C(=O)OCCN=C=O.CC(c1ccccc1)(c1ccc(O)cc1)c1ccc(O)cc1.[2H][B].[U]. The molecule has 1 atom stereocenters. The van der Waals surface area contributed by atoms with Gasteiger partial charge in [-0.25, -0.2) is 29.0 Å². The van der Waals surface area contributed by atoms with E-state index in [1.165, 1.54) is 6.08 Å². The number of carbonyl (C=O) groups excluding carboxylic acids is 6. The third kappa shape index (κ3) is 20.9. The number of benzene rings is 6. The Balaban J connectivity index is 0.000000499. The molecular formula is C62H65BN2O13U. The van der Waals surface area contributed by atoms with Gasteiger partial charge in [0.15, 0.2) is 0 Å². The molecule has 15 nitrogen and oxygen atoms in total. The number of hydrogen-bond donors (Lipinski definition) is 3. The molecule has 0 aliphatic heterocycles. The monoisotopic (exact) mass is 1300 g/mol. The number of carbonyl (C=O) groups is 5. The fourth-order valence-corrected chi connectivity index (χ4v) is 7.45. The van der Waals surface area contributed by atoms with Crippen LogP contribution >= 0.6 is 0 Å². The van der Waals surface area contributed by atoms with Crippen LogP contribution in [0.3, 0.4) is 0 Å². The number of esters is 4. The second kappa shape index (κ2) is 33.8. The van der Waals surface area contributed by atoms with Crippen LogP contribution in [0.4, 0.5) is 4.79 Å². The van der Waals surface area contributed by atoms with Crippen molar-refractivity contribution in [1.82, 2.24) is 5.32 Å². The average Bonchev–Trinajstić information content (AvgIpc) is 3.65. The van der Waals surface area contributed by atoms with Crippen molar-refractivity contribution in [2.75, 3.05) is 32.9 Å². The minimum atomic E-state index is -0.673. The largest absolute Gasteiger partial charge is 0.508 e. The van der Waals surface area contributed by atoms with Crippen molar-refractivity contribution in [1.29, 1.82) is 1.34 Å². The first-order valence-electron chi connectivity index (χ1n) is 25.0. The number of nitrogens with one attached hydrogen (secondary N) is 1. The fraction of sp³-hybridized carbons (Fsp3) is 0.226. The molecule has 0 aromatic heterocycles. The molecular weight excluding hydrogens is 1230 g/mol. The van der Waals surface area contributed by atoms with E-state index in [1.807, 2.05) is 97.1 Å². The summed E-state index contributed by atoms with van der Waals surface area (Å²) < 4.78 is 30.7. The maximum absolute atomic E-state index is 12.3. The van der Waals surface area contributed by atoms with E-state index < -0.39 is 35.4 Å². The summed E-state index contributed by atoms with van der Waals surface area (Å²) in [4.78, 5) is 70.8. The standard InChI is InChI=1S/C35H37NO8.C20H18O2.C7H9NO3.BH.U/c1-24(2)32(38)41-22-9-12-31(37)43-29-17-13-27(14-18-29)35(5,26-10-7-6-8-11-26)28-15-19-30(20-16-28)44-34(40)36-21-23-42-33(39)25(3)4;1-20(15-5-3-2-4-6-15,16-7-11-18(21)12-8-16)17-9-13-19(22)14-10-17;1-6(2)7(10)11-4-3-8-5-9;;/h6-8,10-11,13-20H,1,3,9,12,21-23H2,2,4-5H3,(H,36,40);2-14,21-22H,1H3;1,3-4H2,2H3;1H;/i;;;1D;. The van der Waals surface area contributed by atoms with Gasteiger partial charge >= 0.3 is 30.0 Å². The van der Waals surface area contributed by atoms with Crippen LogP contribution in [0.5, 0.6) is 23.0 Å². The molecule has 0 fully saturated rings. The number of amides is 1. The fourth-order valence-electron chi connectivity index (χ4n) is 7.45. The first-order valence-corrected chi connectivity index (χ1v) is 24.4. The Morgan fingerprint density at radius 3 is 1.27 bits per heavy atom. The second-order valence-electron chi connectivity index (χ2n) is 17.7. The Kier molecular flexibility index (Phi) is 27.9. The first kappa shape index (κ1) is 65.1. The molecule has 1 unspecified atom stereocenters. The Morgan fingerprint density at radius 1 is 0.544 bits per heavy atom. The third-order valence-electron chi connectivity index (χ3n) is 11.8. The molecule has 17 heteroatoms. The number of nitrogens with zero attached hydrogens (tertiary/aromatic N) is 1. The van der Waals surface area contributed by atoms with Gasteiger partial charge in [-0.15, -0.1) is 0 Å². The Bertz CT molecular complexity index is 2870. The average molecular weight is 1300 g/mol. The minimum Gasteiger partial charge on any atom is -0.508 e. The molecule has 0 saturated carbocycles. The smallest absolute Gasteiger partial charge is 0.412 e. The van der Waals surface area contributed by atoms with E-state index in [9.17, 15) is 39.0 Å². The summed E-state index contributed by atoms with van der Waals surface area (Å²) in [5.74, 6) is -0.653. The Hall–Kier alpha value is -8.21. The van der Waals surface area contributed by atoms with E-state index >= 15 is 0 Å². The van der Waals surface area contributed by atoms with Crippen LogP contribution in [0.15, 0.2) is 199 Å². The van der Waals surface area contributed by atoms with Gasteiger partial charge in [-0.05, 0) is 124 Å². The minimum absolute atomic E-state index is 0. The van der Waals surface area contributed by atoms with Crippen molar-refractivity contribution >= 4 is 44.4 Å². The maximum atomic E-state index is 12.3. The van der Waals surface area contributed by atoms with E-state index in [0.717, 1.165) is 33.4 Å². The summed E-state index contributed by atoms with van der Waals surface area (Å²) in [6.45, 7) is 19.7. The van der Waals surface area contributed by atoms with E-state index in [4.69, 9.17) is 20.3 Å². The third-order valence-corrected chi connectivity index (χ3v) is 11.8. The number of isocyanates is 1. The van der Waals surface area contributed by atoms with Gasteiger partial charge < -0.3 is 39.2 Å². The van der Waals surface area contributed by atoms with Crippen LogP contribution in [0.1, 0.15) is 80.8 Å². The van der Waals surface area contributed by atoms with Crippen molar-refractivity contribution in [2.45, 2.75) is 58.3 Å². The zero-order valence-corrected chi connectivity index (χ0v) is 49.2. The zero-order valence-electron chi connectivity index (χ0n) is 46.0. The molecule has 0 aliphatic carbocycles. The van der Waals surface area contributed by atoms with Crippen molar-refractivity contribution in [2.24, 2.45) is 4.99 Å². The Morgan fingerprint density at radius 2 is 0.886 bits per heavy atom. The summed E-state index contributed by atoms with van der Waals surface area (Å²) in [5.41, 5.74) is 6.22.